The van der Waals surface area contributed by atoms with Crippen molar-refractivity contribution in [1.29, 1.82) is 0 Å². The Labute approximate surface area is 96.3 Å². The molecule has 1 rings (SSSR count). The van der Waals surface area contributed by atoms with Gasteiger partial charge in [-0.15, -0.1) is 6.42 Å². The lowest BCUT2D eigenvalue weighted by molar-refractivity contribution is -0.693. The van der Waals surface area contributed by atoms with E-state index in [4.69, 9.17) is 6.42 Å². The van der Waals surface area contributed by atoms with E-state index in [9.17, 15) is 0 Å². The Bertz CT molecular complexity index is 323. The zero-order valence-electron chi connectivity index (χ0n) is 6.31. The van der Waals surface area contributed by atoms with Gasteiger partial charge >= 0.3 is 4.73 Å². The van der Waals surface area contributed by atoms with Crippen LogP contribution in [0, 0.1) is 12.3 Å². The van der Waals surface area contributed by atoms with E-state index in [0.717, 1.165) is 13.9 Å². The fraction of sp³-hybridized carbons (Fsp3) is 0.286. The van der Waals surface area contributed by atoms with Gasteiger partial charge in [0, 0.05) is 47.8 Å². The molecule has 64 valence electrons. The number of hydrogen-bond acceptors (Lipinski definition) is 0. The summed E-state index contributed by atoms with van der Waals surface area (Å²) in [6.45, 7) is 0.542. The molecule has 0 aromatic carbocycles. The fourth-order valence-corrected chi connectivity index (χ4v) is 2.72. The molecule has 0 amide bonds. The molecule has 0 aliphatic heterocycles. The van der Waals surface area contributed by atoms with E-state index in [1.807, 2.05) is 16.2 Å². The summed E-state index contributed by atoms with van der Waals surface area (Å²) < 4.78 is 6.71. The molecule has 5 heteroatoms. The second-order valence-corrected chi connectivity index (χ2v) is 4.41. The first-order valence-electron chi connectivity index (χ1n) is 3.12. The van der Waals surface area contributed by atoms with Crippen molar-refractivity contribution in [2.24, 2.45) is 7.05 Å². The van der Waals surface area contributed by atoms with Crippen LogP contribution in [0.25, 0.3) is 0 Å². The highest BCUT2D eigenvalue weighted by molar-refractivity contribution is 9.13. The number of aromatic nitrogens is 2. The quantitative estimate of drug-likeness (QED) is 0.538. The van der Waals surface area contributed by atoms with Crippen LogP contribution in [-0.4, -0.2) is 4.57 Å². The molecule has 0 bridgehead atoms. The third-order valence-electron chi connectivity index (χ3n) is 1.45. The average Bonchev–Trinajstić information content (AvgIpc) is 2.23. The highest BCUT2D eigenvalue weighted by Crippen LogP contribution is 2.24. The zero-order chi connectivity index (χ0) is 9.30. The highest BCUT2D eigenvalue weighted by atomic mass is 79.9. The number of imidazole rings is 1. The van der Waals surface area contributed by atoms with Gasteiger partial charge in [-0.25, -0.2) is 4.57 Å². The molecule has 1 aromatic heterocycles. The Morgan fingerprint density at radius 1 is 1.50 bits per heavy atom. The molecule has 0 N–H and O–H groups in total. The third-order valence-corrected chi connectivity index (χ3v) is 4.65. The minimum Gasteiger partial charge on any atom is -0.213 e. The molecule has 12 heavy (non-hydrogen) atoms. The number of terminal acetylenes is 1. The van der Waals surface area contributed by atoms with Crippen LogP contribution >= 0.6 is 47.8 Å². The van der Waals surface area contributed by atoms with Crippen LogP contribution in [0.15, 0.2) is 13.9 Å². The average molecular weight is 358 g/mol. The second kappa shape index (κ2) is 3.95. The van der Waals surface area contributed by atoms with Crippen LogP contribution in [0.2, 0.25) is 0 Å². The summed E-state index contributed by atoms with van der Waals surface area (Å²) in [6, 6.07) is 0. The topological polar surface area (TPSA) is 8.81 Å². The summed E-state index contributed by atoms with van der Waals surface area (Å²) in [5, 5.41) is 0. The van der Waals surface area contributed by atoms with Gasteiger partial charge in [-0.3, -0.25) is 0 Å². The summed E-state index contributed by atoms with van der Waals surface area (Å²) in [5.74, 6) is 2.58. The standard InChI is InChI=1S/C7H6Br3N2/c1-3-4-12-6(9)5(8)11(2)7(12)10/h1H,4H2,2H3/q+1. The minimum absolute atomic E-state index is 0.542. The Morgan fingerprint density at radius 3 is 2.42 bits per heavy atom. The predicted octanol–water partition coefficient (Wildman–Crippen LogP) is 2.23. The monoisotopic (exact) mass is 355 g/mol. The smallest absolute Gasteiger partial charge is 0.213 e. The lowest BCUT2D eigenvalue weighted by Gasteiger charge is -1.89. The van der Waals surface area contributed by atoms with E-state index in [2.05, 4.69) is 53.7 Å². The Hall–Kier alpha value is 0.210. The molecular weight excluding hydrogens is 352 g/mol. The molecule has 1 aromatic rings. The first-order chi connectivity index (χ1) is 5.59. The van der Waals surface area contributed by atoms with Crippen molar-refractivity contribution < 1.29 is 4.57 Å². The number of halogens is 3. The molecule has 2 nitrogen and oxygen atoms in total. The molecule has 0 aliphatic rings. The highest BCUT2D eigenvalue weighted by Gasteiger charge is 2.22. The van der Waals surface area contributed by atoms with E-state index in [1.165, 1.54) is 0 Å². The van der Waals surface area contributed by atoms with Gasteiger partial charge in [-0.2, -0.15) is 4.57 Å². The maximum absolute atomic E-state index is 5.22. The zero-order valence-corrected chi connectivity index (χ0v) is 11.1. The Kier molecular flexibility index (Phi) is 3.38. The van der Waals surface area contributed by atoms with Crippen molar-refractivity contribution in [3.8, 4) is 12.3 Å². The van der Waals surface area contributed by atoms with Gasteiger partial charge in [0.2, 0.25) is 9.21 Å². The van der Waals surface area contributed by atoms with E-state index < -0.39 is 0 Å². The summed E-state index contributed by atoms with van der Waals surface area (Å²) in [7, 11) is 1.94. The van der Waals surface area contributed by atoms with E-state index in [-0.39, 0.29) is 0 Å². The van der Waals surface area contributed by atoms with Gasteiger partial charge in [-0.1, -0.05) is 5.92 Å². The molecule has 0 spiro atoms. The lowest BCUT2D eigenvalue weighted by atomic mass is 10.6. The minimum atomic E-state index is 0.542. The molecule has 0 atom stereocenters. The molecular formula is C7H6Br3N2+. The Morgan fingerprint density at radius 2 is 2.08 bits per heavy atom. The molecule has 0 aliphatic carbocycles. The predicted molar refractivity (Wildman–Crippen MR) is 57.5 cm³/mol. The van der Waals surface area contributed by atoms with E-state index >= 15 is 0 Å². The number of rotatable bonds is 1. The maximum Gasteiger partial charge on any atom is 0.327 e. The van der Waals surface area contributed by atoms with Gasteiger partial charge in [-0.05, 0) is 0 Å². The van der Waals surface area contributed by atoms with Crippen molar-refractivity contribution in [2.45, 2.75) is 6.54 Å². The normalized spacial score (nSPS) is 9.92. The van der Waals surface area contributed by atoms with Crippen LogP contribution in [-0.2, 0) is 13.6 Å². The molecule has 0 saturated heterocycles. The van der Waals surface area contributed by atoms with Crippen LogP contribution in [0.1, 0.15) is 0 Å². The molecule has 1 heterocycles. The fourth-order valence-electron chi connectivity index (χ4n) is 0.819. The van der Waals surface area contributed by atoms with Crippen LogP contribution in [0.3, 0.4) is 0 Å². The van der Waals surface area contributed by atoms with Crippen LogP contribution < -0.4 is 4.57 Å². The Balaban J connectivity index is 3.30. The van der Waals surface area contributed by atoms with Gasteiger partial charge in [0.1, 0.15) is 0 Å². The van der Waals surface area contributed by atoms with Crippen molar-refractivity contribution in [2.75, 3.05) is 0 Å². The van der Waals surface area contributed by atoms with Crippen molar-refractivity contribution in [1.82, 2.24) is 4.57 Å². The molecule has 0 unspecified atom stereocenters. The largest absolute Gasteiger partial charge is 0.327 e. The van der Waals surface area contributed by atoms with Gasteiger partial charge in [0.25, 0.3) is 0 Å². The number of hydrogen-bond donors (Lipinski definition) is 0. The van der Waals surface area contributed by atoms with Crippen LogP contribution in [0.5, 0.6) is 0 Å². The third kappa shape index (κ3) is 1.61. The van der Waals surface area contributed by atoms with E-state index in [1.54, 1.807) is 0 Å². The van der Waals surface area contributed by atoms with Crippen molar-refractivity contribution >= 4 is 47.8 Å². The van der Waals surface area contributed by atoms with Crippen molar-refractivity contribution in [3.05, 3.63) is 13.9 Å². The number of nitrogens with zero attached hydrogens (tertiary/aromatic N) is 2. The van der Waals surface area contributed by atoms with Gasteiger partial charge < -0.3 is 0 Å². The summed E-state index contributed by atoms with van der Waals surface area (Å²) in [6.07, 6.45) is 5.22. The van der Waals surface area contributed by atoms with E-state index in [0.29, 0.717) is 6.54 Å². The van der Waals surface area contributed by atoms with Crippen molar-refractivity contribution in [3.63, 3.8) is 0 Å². The second-order valence-electron chi connectivity index (χ2n) is 2.20. The van der Waals surface area contributed by atoms with Crippen LogP contribution in [0.4, 0.5) is 0 Å². The summed E-state index contributed by atoms with van der Waals surface area (Å²) in [5.41, 5.74) is 0. The first-order valence-corrected chi connectivity index (χ1v) is 5.50. The first kappa shape index (κ1) is 10.3. The summed E-state index contributed by atoms with van der Waals surface area (Å²) in [4.78, 5) is 0. The van der Waals surface area contributed by atoms with Gasteiger partial charge in [0.15, 0.2) is 6.54 Å². The maximum atomic E-state index is 5.22. The van der Waals surface area contributed by atoms with Gasteiger partial charge in [0.05, 0.1) is 7.05 Å². The SMILES string of the molecule is C#CCn1c(Br)c(Br)[n+](C)c1Br. The molecule has 0 fully saturated rings. The molecule has 0 saturated carbocycles. The molecule has 0 radical (unpaired) electrons. The summed E-state index contributed by atoms with van der Waals surface area (Å²) >= 11 is 10.3. The lowest BCUT2D eigenvalue weighted by Crippen LogP contribution is -2.29.